The quantitative estimate of drug-likeness (QED) is 0.0596. The number of unbranched alkanes of at least 4 members (excludes halogenated alkanes) is 18. The highest BCUT2D eigenvalue weighted by Gasteiger charge is 2.14. The molecule has 0 aromatic heterocycles. The molecule has 41 heavy (non-hydrogen) atoms. The minimum absolute atomic E-state index is 0.136. The zero-order chi connectivity index (χ0) is 30.4. The Hall–Kier alpha value is -1.14. The third-order valence-electron chi connectivity index (χ3n) is 7.51. The molecule has 244 valence electrons. The monoisotopic (exact) mass is 585 g/mol. The van der Waals surface area contributed by atoms with Crippen molar-refractivity contribution in [2.24, 2.45) is 0 Å². The van der Waals surface area contributed by atoms with Crippen LogP contribution in [0.5, 0.6) is 0 Å². The molecule has 0 heterocycles. The summed E-state index contributed by atoms with van der Waals surface area (Å²) in [6, 6.07) is 0. The van der Waals surface area contributed by atoms with Gasteiger partial charge in [0.25, 0.3) is 0 Å². The second-order valence-corrected chi connectivity index (χ2v) is 12.1. The van der Waals surface area contributed by atoms with Gasteiger partial charge in [-0.1, -0.05) is 129 Å². The first kappa shape index (κ1) is 39.9. The predicted octanol–water partition coefficient (Wildman–Crippen LogP) is 9.89. The van der Waals surface area contributed by atoms with Crippen molar-refractivity contribution < 1.29 is 28.5 Å². The van der Waals surface area contributed by atoms with Gasteiger partial charge in [-0.25, -0.2) is 0 Å². The molecule has 0 aromatic rings. The van der Waals surface area contributed by atoms with Crippen molar-refractivity contribution in [3.8, 4) is 0 Å². The SMILES string of the molecule is CCCCCCCCCCCCC(=O)OCC(C)OCC(C)OCC(C)OC(=O)CCCCCCCCCCCC. The molecule has 0 amide bonds. The molecule has 0 fully saturated rings. The maximum atomic E-state index is 12.1. The molecule has 0 aliphatic rings. The van der Waals surface area contributed by atoms with Crippen LogP contribution in [0.1, 0.15) is 176 Å². The molecule has 0 bridgehead atoms. The third-order valence-corrected chi connectivity index (χ3v) is 7.51. The standard InChI is InChI=1S/C35H68O6/c1-6-8-10-12-14-16-18-20-22-24-26-34(36)40-29-32(4)38-28-31(3)39-30-33(5)41-35(37)27-25-23-21-19-17-15-13-11-9-7-2/h31-33H,6-30H2,1-5H3. The minimum Gasteiger partial charge on any atom is -0.463 e. The number of esters is 2. The van der Waals surface area contributed by atoms with Crippen molar-refractivity contribution in [2.75, 3.05) is 19.8 Å². The van der Waals surface area contributed by atoms with Gasteiger partial charge in [0.05, 0.1) is 25.4 Å². The zero-order valence-corrected chi connectivity index (χ0v) is 27.9. The maximum absolute atomic E-state index is 12.1. The van der Waals surface area contributed by atoms with E-state index in [0.29, 0.717) is 26.1 Å². The van der Waals surface area contributed by atoms with Crippen LogP contribution in [0.4, 0.5) is 0 Å². The van der Waals surface area contributed by atoms with Crippen LogP contribution in [-0.2, 0) is 28.5 Å². The smallest absolute Gasteiger partial charge is 0.306 e. The number of ether oxygens (including phenoxy) is 4. The maximum Gasteiger partial charge on any atom is 0.306 e. The minimum atomic E-state index is -0.280. The fourth-order valence-electron chi connectivity index (χ4n) is 4.81. The van der Waals surface area contributed by atoms with Gasteiger partial charge in [0.15, 0.2) is 0 Å². The average Bonchev–Trinajstić information content (AvgIpc) is 2.95. The summed E-state index contributed by atoms with van der Waals surface area (Å²) in [6.07, 6.45) is 25.4. The van der Waals surface area contributed by atoms with E-state index < -0.39 is 0 Å². The predicted molar refractivity (Wildman–Crippen MR) is 170 cm³/mol. The Labute approximate surface area is 254 Å². The highest BCUT2D eigenvalue weighted by atomic mass is 16.6. The van der Waals surface area contributed by atoms with E-state index in [4.69, 9.17) is 18.9 Å². The molecule has 6 heteroatoms. The van der Waals surface area contributed by atoms with Crippen LogP contribution in [0.25, 0.3) is 0 Å². The third kappa shape index (κ3) is 30.1. The van der Waals surface area contributed by atoms with Gasteiger partial charge in [-0.2, -0.15) is 0 Å². The molecule has 3 atom stereocenters. The van der Waals surface area contributed by atoms with E-state index >= 15 is 0 Å². The Morgan fingerprint density at radius 2 is 0.780 bits per heavy atom. The van der Waals surface area contributed by atoms with Gasteiger partial charge in [0.2, 0.25) is 0 Å². The number of carbonyl (C=O) groups excluding carboxylic acids is 2. The summed E-state index contributed by atoms with van der Waals surface area (Å²) in [5, 5.41) is 0. The molecule has 0 N–H and O–H groups in total. The van der Waals surface area contributed by atoms with E-state index in [0.717, 1.165) is 25.7 Å². The lowest BCUT2D eigenvalue weighted by atomic mass is 10.1. The zero-order valence-electron chi connectivity index (χ0n) is 27.9. The van der Waals surface area contributed by atoms with E-state index in [-0.39, 0.29) is 36.9 Å². The van der Waals surface area contributed by atoms with Crippen LogP contribution in [0.2, 0.25) is 0 Å². The van der Waals surface area contributed by atoms with Gasteiger partial charge in [-0.3, -0.25) is 9.59 Å². The molecular formula is C35H68O6. The van der Waals surface area contributed by atoms with Crippen molar-refractivity contribution in [2.45, 2.75) is 194 Å². The summed E-state index contributed by atoms with van der Waals surface area (Å²) in [4.78, 5) is 24.1. The molecule has 0 aliphatic heterocycles. The first-order valence-corrected chi connectivity index (χ1v) is 17.5. The molecule has 0 saturated carbocycles. The van der Waals surface area contributed by atoms with Crippen LogP contribution < -0.4 is 0 Å². The van der Waals surface area contributed by atoms with Crippen LogP contribution in [0.15, 0.2) is 0 Å². The molecule has 0 aliphatic carbocycles. The Kier molecular flexibility index (Phi) is 29.5. The van der Waals surface area contributed by atoms with Gasteiger partial charge in [-0.15, -0.1) is 0 Å². The number of hydrogen-bond donors (Lipinski definition) is 0. The molecule has 6 nitrogen and oxygen atoms in total. The molecule has 0 spiro atoms. The van der Waals surface area contributed by atoms with Crippen molar-refractivity contribution in [1.82, 2.24) is 0 Å². The normalized spacial score (nSPS) is 13.6. The van der Waals surface area contributed by atoms with Crippen LogP contribution in [-0.4, -0.2) is 50.1 Å². The second kappa shape index (κ2) is 30.3. The Morgan fingerprint density at radius 1 is 0.439 bits per heavy atom. The van der Waals surface area contributed by atoms with E-state index in [1.165, 1.54) is 103 Å². The van der Waals surface area contributed by atoms with E-state index in [1.54, 1.807) is 0 Å². The molecular weight excluding hydrogens is 516 g/mol. The molecule has 0 rings (SSSR count). The van der Waals surface area contributed by atoms with E-state index in [2.05, 4.69) is 13.8 Å². The van der Waals surface area contributed by atoms with Gasteiger partial charge in [0, 0.05) is 12.8 Å². The lowest BCUT2D eigenvalue weighted by molar-refractivity contribution is -0.154. The summed E-state index contributed by atoms with van der Waals surface area (Å²) < 4.78 is 22.4. The second-order valence-electron chi connectivity index (χ2n) is 12.1. The van der Waals surface area contributed by atoms with Gasteiger partial charge < -0.3 is 18.9 Å². The fraction of sp³-hybridized carbons (Fsp3) is 0.943. The summed E-state index contributed by atoms with van der Waals surface area (Å²) in [5.74, 6) is -0.282. The molecule has 0 aromatic carbocycles. The van der Waals surface area contributed by atoms with E-state index in [1.807, 2.05) is 20.8 Å². The van der Waals surface area contributed by atoms with Crippen molar-refractivity contribution in [3.63, 3.8) is 0 Å². The topological polar surface area (TPSA) is 71.1 Å². The van der Waals surface area contributed by atoms with E-state index in [9.17, 15) is 9.59 Å². The number of rotatable bonds is 31. The number of hydrogen-bond acceptors (Lipinski definition) is 6. The van der Waals surface area contributed by atoms with Gasteiger partial charge in [-0.05, 0) is 33.6 Å². The lowest BCUT2D eigenvalue weighted by Gasteiger charge is -2.20. The number of carbonyl (C=O) groups is 2. The first-order chi connectivity index (χ1) is 19.9. The van der Waals surface area contributed by atoms with Crippen molar-refractivity contribution in [1.29, 1.82) is 0 Å². The van der Waals surface area contributed by atoms with Crippen LogP contribution >= 0.6 is 0 Å². The highest BCUT2D eigenvalue weighted by molar-refractivity contribution is 5.69. The fourth-order valence-corrected chi connectivity index (χ4v) is 4.81. The average molecular weight is 585 g/mol. The van der Waals surface area contributed by atoms with Gasteiger partial charge >= 0.3 is 11.9 Å². The van der Waals surface area contributed by atoms with Crippen molar-refractivity contribution >= 4 is 11.9 Å². The summed E-state index contributed by atoms with van der Waals surface area (Å²) in [7, 11) is 0. The largest absolute Gasteiger partial charge is 0.463 e. The molecule has 3 unspecified atom stereocenters. The summed E-state index contributed by atoms with van der Waals surface area (Å²) in [5.41, 5.74) is 0. The molecule has 0 saturated heterocycles. The highest BCUT2D eigenvalue weighted by Crippen LogP contribution is 2.13. The lowest BCUT2D eigenvalue weighted by Crippen LogP contribution is -2.28. The Morgan fingerprint density at radius 3 is 1.22 bits per heavy atom. The first-order valence-electron chi connectivity index (χ1n) is 17.5. The summed E-state index contributed by atoms with van der Waals surface area (Å²) >= 11 is 0. The molecule has 0 radical (unpaired) electrons. The van der Waals surface area contributed by atoms with Crippen LogP contribution in [0, 0.1) is 0 Å². The summed E-state index contributed by atoms with van der Waals surface area (Å²) in [6.45, 7) is 11.2. The van der Waals surface area contributed by atoms with Crippen LogP contribution in [0.3, 0.4) is 0 Å². The Balaban J connectivity index is 3.63. The van der Waals surface area contributed by atoms with Crippen molar-refractivity contribution in [3.05, 3.63) is 0 Å². The van der Waals surface area contributed by atoms with Gasteiger partial charge in [0.1, 0.15) is 12.7 Å². The Bertz CT molecular complexity index is 581.